The van der Waals surface area contributed by atoms with Gasteiger partial charge in [0.05, 0.1) is 18.1 Å². The van der Waals surface area contributed by atoms with E-state index in [-0.39, 0.29) is 48.3 Å². The number of carbonyl (C=O) groups excluding carboxylic acids is 2. The second kappa shape index (κ2) is 11.6. The average Bonchev–Trinajstić information content (AvgIpc) is 3.48. The second-order valence-corrected chi connectivity index (χ2v) is 13.4. The summed E-state index contributed by atoms with van der Waals surface area (Å²) >= 11 is 0. The molecule has 0 aromatic carbocycles. The zero-order valence-corrected chi connectivity index (χ0v) is 24.2. The number of nitrogens with one attached hydrogen (secondary N) is 3. The molecule has 0 radical (unpaired) electrons. The third kappa shape index (κ3) is 5.67. The first-order valence-corrected chi connectivity index (χ1v) is 16.0. The van der Waals surface area contributed by atoms with Gasteiger partial charge in [0.15, 0.2) is 5.96 Å². The van der Waals surface area contributed by atoms with Crippen molar-refractivity contribution in [2.24, 2.45) is 10.9 Å². The normalized spacial score (nSPS) is 39.8. The fourth-order valence-electron chi connectivity index (χ4n) is 8.62. The maximum Gasteiger partial charge on any atom is 0.312 e. The number of hydrogen-bond donors (Lipinski definition) is 3. The third-order valence-electron chi connectivity index (χ3n) is 10.4. The summed E-state index contributed by atoms with van der Waals surface area (Å²) in [4.78, 5) is 35.3. The van der Waals surface area contributed by atoms with Gasteiger partial charge in [-0.3, -0.25) is 19.8 Å². The lowest BCUT2D eigenvalue weighted by Crippen LogP contribution is -2.73. The van der Waals surface area contributed by atoms with E-state index in [1.165, 1.54) is 63.7 Å². The van der Waals surface area contributed by atoms with Crippen LogP contribution < -0.4 is 16.0 Å². The summed E-state index contributed by atoms with van der Waals surface area (Å²) in [5, 5.41) is 10.2. The molecular weight excluding hydrogens is 492 g/mol. The van der Waals surface area contributed by atoms with Crippen LogP contribution in [0, 0.1) is 5.92 Å². The van der Waals surface area contributed by atoms with Crippen molar-refractivity contribution in [1.29, 1.82) is 0 Å². The van der Waals surface area contributed by atoms with Crippen molar-refractivity contribution in [3.63, 3.8) is 0 Å². The van der Waals surface area contributed by atoms with Crippen molar-refractivity contribution in [2.45, 2.75) is 165 Å². The summed E-state index contributed by atoms with van der Waals surface area (Å²) in [6.45, 7) is 6.38. The van der Waals surface area contributed by atoms with Gasteiger partial charge in [-0.15, -0.1) is 0 Å². The summed E-state index contributed by atoms with van der Waals surface area (Å²) < 4.78 is 5.98. The number of amides is 1. The minimum absolute atomic E-state index is 0.0159. The smallest absolute Gasteiger partial charge is 0.312 e. The number of esters is 1. The maximum absolute atomic E-state index is 13.2. The Bertz CT molecular complexity index is 944. The van der Waals surface area contributed by atoms with E-state index >= 15 is 0 Å². The largest absolute Gasteiger partial charge is 0.462 e. The molecule has 39 heavy (non-hydrogen) atoms. The monoisotopic (exact) mass is 542 g/mol. The highest BCUT2D eigenvalue weighted by atomic mass is 16.5. The van der Waals surface area contributed by atoms with Crippen molar-refractivity contribution in [1.82, 2.24) is 25.8 Å². The van der Waals surface area contributed by atoms with Crippen molar-refractivity contribution >= 4 is 17.8 Å². The van der Waals surface area contributed by atoms with Crippen LogP contribution in [-0.2, 0) is 14.3 Å². The van der Waals surface area contributed by atoms with E-state index in [4.69, 9.17) is 9.73 Å². The van der Waals surface area contributed by atoms with Crippen molar-refractivity contribution in [3.8, 4) is 0 Å². The zero-order chi connectivity index (χ0) is 27.1. The molecule has 1 amide bonds. The van der Waals surface area contributed by atoms with Gasteiger partial charge in [0, 0.05) is 42.7 Å². The minimum atomic E-state index is -0.179. The Morgan fingerprint density at radius 3 is 2.59 bits per heavy atom. The molecule has 5 fully saturated rings. The molecule has 0 aliphatic carbocycles. The van der Waals surface area contributed by atoms with E-state index in [1.807, 2.05) is 13.8 Å². The lowest BCUT2D eigenvalue weighted by Gasteiger charge is -2.50. The number of unbranched alkanes of at least 4 members (excludes halogenated alkanes) is 4. The average molecular weight is 543 g/mol. The quantitative estimate of drug-likeness (QED) is 0.288. The lowest BCUT2D eigenvalue weighted by atomic mass is 9.88. The predicted octanol–water partition coefficient (Wildman–Crippen LogP) is 3.24. The second-order valence-electron chi connectivity index (χ2n) is 13.4. The highest BCUT2D eigenvalue weighted by Crippen LogP contribution is 2.39. The van der Waals surface area contributed by atoms with Crippen LogP contribution in [0.2, 0.25) is 0 Å². The molecule has 0 bridgehead atoms. The molecule has 3 N–H and O–H groups in total. The van der Waals surface area contributed by atoms with Gasteiger partial charge in [-0.05, 0) is 78.6 Å². The molecule has 9 heteroatoms. The van der Waals surface area contributed by atoms with E-state index in [0.29, 0.717) is 24.5 Å². The maximum atomic E-state index is 13.2. The highest BCUT2D eigenvalue weighted by molar-refractivity contribution is 5.83. The molecule has 218 valence electrons. The Morgan fingerprint density at radius 2 is 1.74 bits per heavy atom. The van der Waals surface area contributed by atoms with E-state index in [9.17, 15) is 9.59 Å². The SMILES string of the molecule is CC(CCCCCCC[C@@H]1C[C@@H]2CC[C@@H]3C[C@H](C)NC(=N1)N32)OC(=O)[C@H]1[C@@H](C)NC2NC(=O)C[C@@H]3CC[C@@H]1N23. The van der Waals surface area contributed by atoms with Crippen LogP contribution in [0.1, 0.15) is 111 Å². The molecule has 0 saturated carbocycles. The van der Waals surface area contributed by atoms with Gasteiger partial charge in [-0.25, -0.2) is 4.99 Å². The molecule has 5 saturated heterocycles. The highest BCUT2D eigenvalue weighted by Gasteiger charge is 2.53. The Kier molecular flexibility index (Phi) is 8.09. The number of carbonyl (C=O) groups is 2. The van der Waals surface area contributed by atoms with E-state index in [2.05, 4.69) is 32.7 Å². The molecule has 6 heterocycles. The molecule has 9 nitrogen and oxygen atoms in total. The van der Waals surface area contributed by atoms with E-state index < -0.39 is 0 Å². The molecule has 0 spiro atoms. The van der Waals surface area contributed by atoms with Crippen LogP contribution in [-0.4, -0.2) is 82.3 Å². The molecular formula is C30H50N6O3. The Balaban J connectivity index is 0.875. The summed E-state index contributed by atoms with van der Waals surface area (Å²) in [5.41, 5.74) is 0. The number of nitrogens with zero attached hydrogens (tertiary/aromatic N) is 3. The Hall–Kier alpha value is -1.87. The van der Waals surface area contributed by atoms with Crippen LogP contribution >= 0.6 is 0 Å². The Morgan fingerprint density at radius 1 is 1.00 bits per heavy atom. The van der Waals surface area contributed by atoms with E-state index in [1.54, 1.807) is 0 Å². The van der Waals surface area contributed by atoms with Gasteiger partial charge in [-0.1, -0.05) is 25.7 Å². The molecule has 6 aliphatic rings. The summed E-state index contributed by atoms with van der Waals surface area (Å²) in [7, 11) is 0. The molecule has 6 rings (SSSR count). The Labute approximate surface area is 234 Å². The standard InChI is InChI=1S/C30H50N6O3/c1-18-15-22-11-12-23-16-21(33-29(31-18)35(22)23)10-8-6-4-5-7-9-19(2)39-28(38)27-20(3)32-30-34-26(37)17-24-13-14-25(27)36(24)30/h18-25,27,30,32H,4-17H2,1-3H3,(H,31,33)(H,34,37)/t18-,19?,20+,21+,22+,23-,24-,25-,27-,30?/m0/s1. The predicted molar refractivity (Wildman–Crippen MR) is 151 cm³/mol. The van der Waals surface area contributed by atoms with Gasteiger partial charge in [0.2, 0.25) is 5.91 Å². The van der Waals surface area contributed by atoms with Crippen LogP contribution in [0.5, 0.6) is 0 Å². The first-order valence-electron chi connectivity index (χ1n) is 16.0. The van der Waals surface area contributed by atoms with Gasteiger partial charge in [0.1, 0.15) is 6.29 Å². The fraction of sp³-hybridized carbons (Fsp3) is 0.900. The fourth-order valence-corrected chi connectivity index (χ4v) is 8.62. The molecule has 0 aromatic heterocycles. The van der Waals surface area contributed by atoms with Crippen molar-refractivity contribution < 1.29 is 14.3 Å². The zero-order valence-electron chi connectivity index (χ0n) is 24.2. The van der Waals surface area contributed by atoms with Gasteiger partial charge in [-0.2, -0.15) is 0 Å². The summed E-state index contributed by atoms with van der Waals surface area (Å²) in [6.07, 6.45) is 15.6. The molecule has 6 aliphatic heterocycles. The number of aliphatic imine (C=N–C) groups is 1. The van der Waals surface area contributed by atoms with Crippen LogP contribution in [0.3, 0.4) is 0 Å². The van der Waals surface area contributed by atoms with Gasteiger partial charge in [0.25, 0.3) is 0 Å². The summed E-state index contributed by atoms with van der Waals surface area (Å²) in [5.74, 6) is 1.04. The van der Waals surface area contributed by atoms with Crippen molar-refractivity contribution in [3.05, 3.63) is 0 Å². The van der Waals surface area contributed by atoms with Crippen molar-refractivity contribution in [2.75, 3.05) is 0 Å². The molecule has 0 aromatic rings. The number of ether oxygens (including phenoxy) is 1. The third-order valence-corrected chi connectivity index (χ3v) is 10.4. The van der Waals surface area contributed by atoms with Crippen LogP contribution in [0.4, 0.5) is 0 Å². The summed E-state index contributed by atoms with van der Waals surface area (Å²) in [6, 6.07) is 2.84. The molecule has 2 unspecified atom stereocenters. The number of rotatable bonds is 10. The molecule has 10 atom stereocenters. The first kappa shape index (κ1) is 27.3. The first-order chi connectivity index (χ1) is 18.9. The van der Waals surface area contributed by atoms with Crippen LogP contribution in [0.15, 0.2) is 4.99 Å². The number of hydrogen-bond acceptors (Lipinski definition) is 8. The lowest BCUT2D eigenvalue weighted by molar-refractivity contribution is -0.162. The topological polar surface area (TPSA) is 98.3 Å². The van der Waals surface area contributed by atoms with Gasteiger partial charge >= 0.3 is 5.97 Å². The van der Waals surface area contributed by atoms with Gasteiger partial charge < -0.3 is 20.3 Å². The van der Waals surface area contributed by atoms with Crippen LogP contribution in [0.25, 0.3) is 0 Å². The van der Waals surface area contributed by atoms with E-state index in [0.717, 1.165) is 31.7 Å². The number of guanidine groups is 1. The minimum Gasteiger partial charge on any atom is -0.462 e.